The van der Waals surface area contributed by atoms with Crippen LogP contribution >= 0.6 is 0 Å². The lowest BCUT2D eigenvalue weighted by molar-refractivity contribution is 0.756. The van der Waals surface area contributed by atoms with Gasteiger partial charge in [-0.2, -0.15) is 5.10 Å². The first-order chi connectivity index (χ1) is 6.45. The first kappa shape index (κ1) is 6.89. The van der Waals surface area contributed by atoms with E-state index in [1.165, 1.54) is 11.3 Å². The Morgan fingerprint density at radius 2 is 2.23 bits per heavy atom. The largest absolute Gasteiger partial charge is 0.258 e. The highest BCUT2D eigenvalue weighted by Crippen LogP contribution is 2.33. The van der Waals surface area contributed by atoms with Gasteiger partial charge in [0.05, 0.1) is 11.7 Å². The van der Waals surface area contributed by atoms with Gasteiger partial charge in [-0.1, -0.05) is 24.3 Å². The molecule has 2 aliphatic rings. The Morgan fingerprint density at radius 3 is 3.23 bits per heavy atom. The molecule has 0 fully saturated rings. The van der Waals surface area contributed by atoms with Gasteiger partial charge in [-0.05, 0) is 17.7 Å². The summed E-state index contributed by atoms with van der Waals surface area (Å²) >= 11 is 0. The number of hydrazone groups is 1. The van der Waals surface area contributed by atoms with Crippen LogP contribution in [0.3, 0.4) is 0 Å². The summed E-state index contributed by atoms with van der Waals surface area (Å²) in [5.41, 5.74) is 2.66. The van der Waals surface area contributed by atoms with E-state index in [-0.39, 0.29) is 0 Å². The standard InChI is InChI=1S/C11H10N2/c1-2-6-11-9(4-1)8-10-5-3-7-12-13(10)11/h1-7,10H,8H2. The molecule has 0 aromatic heterocycles. The lowest BCUT2D eigenvalue weighted by Gasteiger charge is -2.21. The molecule has 1 unspecified atom stereocenters. The average molecular weight is 170 g/mol. The van der Waals surface area contributed by atoms with Crippen molar-refractivity contribution in [1.29, 1.82) is 0 Å². The fourth-order valence-electron chi connectivity index (χ4n) is 1.98. The summed E-state index contributed by atoms with van der Waals surface area (Å²) in [5, 5.41) is 6.45. The van der Waals surface area contributed by atoms with Crippen LogP contribution in [-0.2, 0) is 6.42 Å². The van der Waals surface area contributed by atoms with Crippen LogP contribution in [0.25, 0.3) is 0 Å². The van der Waals surface area contributed by atoms with Gasteiger partial charge in [-0.15, -0.1) is 0 Å². The van der Waals surface area contributed by atoms with Crippen LogP contribution in [0.5, 0.6) is 0 Å². The van der Waals surface area contributed by atoms with Crippen molar-refractivity contribution in [1.82, 2.24) is 0 Å². The van der Waals surface area contributed by atoms with Crippen molar-refractivity contribution < 1.29 is 0 Å². The molecule has 2 heteroatoms. The van der Waals surface area contributed by atoms with Crippen LogP contribution in [-0.4, -0.2) is 12.3 Å². The number of nitrogens with zero attached hydrogens (tertiary/aromatic N) is 2. The molecule has 64 valence electrons. The molecular formula is C11H10N2. The predicted octanol–water partition coefficient (Wildman–Crippen LogP) is 1.97. The number of benzene rings is 1. The van der Waals surface area contributed by atoms with Gasteiger partial charge in [0.15, 0.2) is 0 Å². The predicted molar refractivity (Wildman–Crippen MR) is 54.0 cm³/mol. The van der Waals surface area contributed by atoms with Gasteiger partial charge in [0.2, 0.25) is 0 Å². The maximum Gasteiger partial charge on any atom is 0.0751 e. The molecule has 1 aromatic rings. The summed E-state index contributed by atoms with van der Waals surface area (Å²) in [5.74, 6) is 0. The van der Waals surface area contributed by atoms with Gasteiger partial charge in [-0.3, -0.25) is 5.01 Å². The van der Waals surface area contributed by atoms with Crippen LogP contribution in [0.4, 0.5) is 5.69 Å². The van der Waals surface area contributed by atoms with E-state index in [1.54, 1.807) is 0 Å². The summed E-state index contributed by atoms with van der Waals surface area (Å²) in [4.78, 5) is 0. The van der Waals surface area contributed by atoms with E-state index in [0.29, 0.717) is 6.04 Å². The molecule has 3 rings (SSSR count). The minimum Gasteiger partial charge on any atom is -0.258 e. The Bertz CT molecular complexity index is 393. The zero-order valence-corrected chi connectivity index (χ0v) is 7.22. The highest BCUT2D eigenvalue weighted by molar-refractivity contribution is 5.76. The second-order valence-corrected chi connectivity index (χ2v) is 3.39. The van der Waals surface area contributed by atoms with E-state index in [0.717, 1.165) is 6.42 Å². The fourth-order valence-corrected chi connectivity index (χ4v) is 1.98. The Hall–Kier alpha value is -1.57. The Labute approximate surface area is 77.2 Å². The molecule has 2 nitrogen and oxygen atoms in total. The van der Waals surface area contributed by atoms with Gasteiger partial charge >= 0.3 is 0 Å². The van der Waals surface area contributed by atoms with Crippen molar-refractivity contribution in [2.45, 2.75) is 12.5 Å². The van der Waals surface area contributed by atoms with Gasteiger partial charge < -0.3 is 0 Å². The molecular weight excluding hydrogens is 160 g/mol. The lowest BCUT2D eigenvalue weighted by Crippen LogP contribution is -2.26. The second kappa shape index (κ2) is 2.46. The highest BCUT2D eigenvalue weighted by atomic mass is 15.5. The third kappa shape index (κ3) is 0.917. The van der Waals surface area contributed by atoms with E-state index >= 15 is 0 Å². The smallest absolute Gasteiger partial charge is 0.0751 e. The third-order valence-electron chi connectivity index (χ3n) is 2.59. The van der Waals surface area contributed by atoms with Gasteiger partial charge in [0, 0.05) is 12.6 Å². The second-order valence-electron chi connectivity index (χ2n) is 3.39. The molecule has 0 radical (unpaired) electrons. The summed E-state index contributed by atoms with van der Waals surface area (Å²) < 4.78 is 0. The van der Waals surface area contributed by atoms with Crippen molar-refractivity contribution >= 4 is 11.9 Å². The van der Waals surface area contributed by atoms with Crippen LogP contribution in [0.15, 0.2) is 41.5 Å². The molecule has 1 atom stereocenters. The van der Waals surface area contributed by atoms with E-state index < -0.39 is 0 Å². The highest BCUT2D eigenvalue weighted by Gasteiger charge is 2.27. The number of hydrogen-bond acceptors (Lipinski definition) is 2. The van der Waals surface area contributed by atoms with Crippen molar-refractivity contribution in [2.75, 3.05) is 5.01 Å². The van der Waals surface area contributed by atoms with Crippen molar-refractivity contribution in [3.8, 4) is 0 Å². The number of fused-ring (bicyclic) bond motifs is 3. The van der Waals surface area contributed by atoms with E-state index in [9.17, 15) is 0 Å². The number of hydrogen-bond donors (Lipinski definition) is 0. The maximum absolute atomic E-state index is 4.35. The van der Waals surface area contributed by atoms with E-state index in [2.05, 4.69) is 40.5 Å². The van der Waals surface area contributed by atoms with Crippen molar-refractivity contribution in [2.24, 2.45) is 5.10 Å². The first-order valence-electron chi connectivity index (χ1n) is 4.53. The molecule has 2 heterocycles. The summed E-state index contributed by atoms with van der Waals surface area (Å²) in [6.45, 7) is 0. The van der Waals surface area contributed by atoms with Gasteiger partial charge in [-0.25, -0.2) is 0 Å². The normalized spacial score (nSPS) is 23.1. The topological polar surface area (TPSA) is 15.6 Å². The summed E-state index contributed by atoms with van der Waals surface area (Å²) in [6.07, 6.45) is 7.16. The number of allylic oxidation sites excluding steroid dienone is 1. The van der Waals surface area contributed by atoms with Crippen LogP contribution in [0.1, 0.15) is 5.56 Å². The van der Waals surface area contributed by atoms with Crippen molar-refractivity contribution in [3.63, 3.8) is 0 Å². The molecule has 0 saturated carbocycles. The number of anilines is 1. The zero-order valence-electron chi connectivity index (χ0n) is 7.22. The minimum absolute atomic E-state index is 0.447. The molecule has 0 bridgehead atoms. The SMILES string of the molecule is C1=CC2Cc3ccccc3N2N=C1. The Morgan fingerprint density at radius 1 is 1.31 bits per heavy atom. The Balaban J connectivity index is 2.12. The lowest BCUT2D eigenvalue weighted by atomic mass is 10.1. The van der Waals surface area contributed by atoms with Crippen LogP contribution in [0.2, 0.25) is 0 Å². The Kier molecular flexibility index (Phi) is 1.30. The molecule has 0 saturated heterocycles. The third-order valence-corrected chi connectivity index (χ3v) is 2.59. The minimum atomic E-state index is 0.447. The zero-order chi connectivity index (χ0) is 8.67. The first-order valence-corrected chi connectivity index (χ1v) is 4.53. The fraction of sp³-hybridized carbons (Fsp3) is 0.182. The summed E-state index contributed by atoms with van der Waals surface area (Å²) in [6, 6.07) is 8.91. The van der Waals surface area contributed by atoms with Crippen LogP contribution < -0.4 is 5.01 Å². The summed E-state index contributed by atoms with van der Waals surface area (Å²) in [7, 11) is 0. The molecule has 13 heavy (non-hydrogen) atoms. The molecule has 0 amide bonds. The number of para-hydroxylation sites is 1. The quantitative estimate of drug-likeness (QED) is 0.581. The van der Waals surface area contributed by atoms with Gasteiger partial charge in [0.25, 0.3) is 0 Å². The van der Waals surface area contributed by atoms with E-state index in [4.69, 9.17) is 0 Å². The molecule has 1 aromatic carbocycles. The molecule has 0 spiro atoms. The van der Waals surface area contributed by atoms with Gasteiger partial charge in [0.1, 0.15) is 0 Å². The number of rotatable bonds is 0. The van der Waals surface area contributed by atoms with Crippen LogP contribution in [0, 0.1) is 0 Å². The molecule has 0 N–H and O–H groups in total. The average Bonchev–Trinajstić information content (AvgIpc) is 2.56. The van der Waals surface area contributed by atoms with E-state index in [1.807, 2.05) is 12.3 Å². The molecule has 2 aliphatic heterocycles. The van der Waals surface area contributed by atoms with Crippen molar-refractivity contribution in [3.05, 3.63) is 42.0 Å². The maximum atomic E-state index is 4.35. The monoisotopic (exact) mass is 170 g/mol. The molecule has 0 aliphatic carbocycles.